The second-order valence-corrected chi connectivity index (χ2v) is 7.28. The van der Waals surface area contributed by atoms with Gasteiger partial charge < -0.3 is 9.64 Å². The van der Waals surface area contributed by atoms with Crippen molar-refractivity contribution in [2.75, 3.05) is 11.9 Å². The van der Waals surface area contributed by atoms with Gasteiger partial charge in [-0.15, -0.1) is 11.3 Å². The van der Waals surface area contributed by atoms with Gasteiger partial charge in [0.25, 0.3) is 0 Å². The van der Waals surface area contributed by atoms with Gasteiger partial charge in [-0.05, 0) is 32.6 Å². The predicted molar refractivity (Wildman–Crippen MR) is 80.1 cm³/mol. The maximum atomic E-state index is 12.2. The van der Waals surface area contributed by atoms with Crippen molar-refractivity contribution in [3.63, 3.8) is 0 Å². The van der Waals surface area contributed by atoms with Crippen LogP contribution in [0.15, 0.2) is 0 Å². The van der Waals surface area contributed by atoms with Gasteiger partial charge in [-0.2, -0.15) is 0 Å². The SMILES string of the molecule is Cc1sc2c(c1C)OCC(C1CC1)N(C(=O)CBr)C2. The number of alkyl halides is 1. The van der Waals surface area contributed by atoms with Crippen LogP contribution in [0.4, 0.5) is 0 Å². The van der Waals surface area contributed by atoms with Crippen molar-refractivity contribution >= 4 is 33.2 Å². The monoisotopic (exact) mass is 343 g/mol. The average molecular weight is 344 g/mol. The molecular formula is C14H18BrNO2S. The van der Waals surface area contributed by atoms with E-state index in [-0.39, 0.29) is 11.9 Å². The summed E-state index contributed by atoms with van der Waals surface area (Å²) in [4.78, 5) is 16.7. The Balaban J connectivity index is 1.92. The Bertz CT molecular complexity index is 510. The Morgan fingerprint density at radius 3 is 2.84 bits per heavy atom. The molecule has 1 aliphatic carbocycles. The van der Waals surface area contributed by atoms with Crippen LogP contribution in [-0.4, -0.2) is 28.8 Å². The molecule has 1 aliphatic heterocycles. The van der Waals surface area contributed by atoms with E-state index in [2.05, 4.69) is 29.8 Å². The summed E-state index contributed by atoms with van der Waals surface area (Å²) < 4.78 is 6.04. The molecule has 2 heterocycles. The number of thiophene rings is 1. The quantitative estimate of drug-likeness (QED) is 0.771. The van der Waals surface area contributed by atoms with E-state index in [0.717, 1.165) is 5.75 Å². The highest BCUT2D eigenvalue weighted by Crippen LogP contribution is 2.42. The second kappa shape index (κ2) is 5.09. The molecule has 2 aliphatic rings. The lowest BCUT2D eigenvalue weighted by Gasteiger charge is -2.28. The van der Waals surface area contributed by atoms with Crippen molar-refractivity contribution in [2.24, 2.45) is 5.92 Å². The summed E-state index contributed by atoms with van der Waals surface area (Å²) in [5, 5.41) is 0.398. The lowest BCUT2D eigenvalue weighted by Crippen LogP contribution is -2.43. The van der Waals surface area contributed by atoms with E-state index in [0.29, 0.717) is 24.4 Å². The standard InChI is InChI=1S/C14H18BrNO2S/c1-8-9(2)19-12-6-16(13(17)5-15)11(10-3-4-10)7-18-14(8)12/h10-11H,3-7H2,1-2H3. The second-order valence-electron chi connectivity index (χ2n) is 5.41. The fourth-order valence-corrected chi connectivity index (χ4v) is 4.17. The number of hydrogen-bond acceptors (Lipinski definition) is 3. The molecule has 0 aromatic carbocycles. The molecule has 1 aromatic heterocycles. The minimum absolute atomic E-state index is 0.178. The Morgan fingerprint density at radius 2 is 2.21 bits per heavy atom. The highest BCUT2D eigenvalue weighted by molar-refractivity contribution is 9.09. The maximum absolute atomic E-state index is 12.2. The van der Waals surface area contributed by atoms with Crippen LogP contribution >= 0.6 is 27.3 Å². The van der Waals surface area contributed by atoms with Crippen LogP contribution in [0.5, 0.6) is 5.75 Å². The summed E-state index contributed by atoms with van der Waals surface area (Å²) in [6.45, 7) is 5.58. The number of fused-ring (bicyclic) bond motifs is 1. The molecule has 3 nitrogen and oxygen atoms in total. The van der Waals surface area contributed by atoms with Crippen LogP contribution in [-0.2, 0) is 11.3 Å². The Labute approximate surface area is 126 Å². The van der Waals surface area contributed by atoms with Gasteiger partial charge in [0.05, 0.1) is 22.8 Å². The highest BCUT2D eigenvalue weighted by atomic mass is 79.9. The molecule has 1 atom stereocenters. The topological polar surface area (TPSA) is 29.5 Å². The first-order valence-electron chi connectivity index (χ1n) is 6.69. The lowest BCUT2D eigenvalue weighted by atomic mass is 10.1. The van der Waals surface area contributed by atoms with Crippen LogP contribution in [0.3, 0.4) is 0 Å². The van der Waals surface area contributed by atoms with Crippen molar-refractivity contribution < 1.29 is 9.53 Å². The maximum Gasteiger partial charge on any atom is 0.233 e. The summed E-state index contributed by atoms with van der Waals surface area (Å²) in [6, 6.07) is 0.254. The molecule has 3 rings (SSSR count). The first kappa shape index (κ1) is 13.4. The fraction of sp³-hybridized carbons (Fsp3) is 0.643. The van der Waals surface area contributed by atoms with Gasteiger partial charge in [0.2, 0.25) is 5.91 Å². The van der Waals surface area contributed by atoms with Crippen LogP contribution in [0.2, 0.25) is 0 Å². The van der Waals surface area contributed by atoms with Gasteiger partial charge in [0.1, 0.15) is 12.4 Å². The molecule has 104 valence electrons. The third kappa shape index (κ3) is 2.42. The molecule has 0 radical (unpaired) electrons. The molecule has 0 bridgehead atoms. The minimum atomic E-state index is 0.178. The summed E-state index contributed by atoms with van der Waals surface area (Å²) in [5.41, 5.74) is 1.24. The zero-order chi connectivity index (χ0) is 13.6. The van der Waals surface area contributed by atoms with Crippen molar-refractivity contribution in [1.82, 2.24) is 4.90 Å². The molecule has 0 N–H and O–H groups in total. The summed E-state index contributed by atoms with van der Waals surface area (Å²) in [7, 11) is 0. The summed E-state index contributed by atoms with van der Waals surface area (Å²) in [6.07, 6.45) is 2.46. The molecule has 1 saturated carbocycles. The molecule has 1 unspecified atom stereocenters. The number of carbonyl (C=O) groups is 1. The van der Waals surface area contributed by atoms with Crippen molar-refractivity contribution in [1.29, 1.82) is 0 Å². The van der Waals surface area contributed by atoms with E-state index in [1.54, 1.807) is 11.3 Å². The minimum Gasteiger partial charge on any atom is -0.490 e. The first-order valence-corrected chi connectivity index (χ1v) is 8.62. The summed E-state index contributed by atoms with van der Waals surface area (Å²) >= 11 is 5.07. The van der Waals surface area contributed by atoms with Gasteiger partial charge >= 0.3 is 0 Å². The zero-order valence-electron chi connectivity index (χ0n) is 11.2. The lowest BCUT2D eigenvalue weighted by molar-refractivity contribution is -0.132. The van der Waals surface area contributed by atoms with Crippen LogP contribution < -0.4 is 4.74 Å². The van der Waals surface area contributed by atoms with Crippen LogP contribution in [0.25, 0.3) is 0 Å². The number of nitrogens with zero attached hydrogens (tertiary/aromatic N) is 1. The Morgan fingerprint density at radius 1 is 1.47 bits per heavy atom. The molecule has 19 heavy (non-hydrogen) atoms. The number of ether oxygens (including phenoxy) is 1. The normalized spacial score (nSPS) is 22.7. The number of hydrogen-bond donors (Lipinski definition) is 0. The largest absolute Gasteiger partial charge is 0.490 e. The van der Waals surface area contributed by atoms with Gasteiger partial charge in [-0.25, -0.2) is 0 Å². The van der Waals surface area contributed by atoms with E-state index in [1.165, 1.54) is 28.2 Å². The number of carbonyl (C=O) groups excluding carboxylic acids is 1. The molecule has 0 spiro atoms. The molecule has 1 amide bonds. The van der Waals surface area contributed by atoms with Gasteiger partial charge in [-0.1, -0.05) is 15.9 Å². The van der Waals surface area contributed by atoms with E-state index < -0.39 is 0 Å². The van der Waals surface area contributed by atoms with Crippen LogP contribution in [0, 0.1) is 19.8 Å². The summed E-state index contributed by atoms with van der Waals surface area (Å²) in [5.74, 6) is 1.84. The molecule has 0 saturated heterocycles. The molecular weight excluding hydrogens is 326 g/mol. The third-order valence-corrected chi connectivity index (χ3v) is 5.76. The van der Waals surface area contributed by atoms with E-state index >= 15 is 0 Å². The van der Waals surface area contributed by atoms with E-state index in [1.807, 2.05) is 4.90 Å². The van der Waals surface area contributed by atoms with E-state index in [4.69, 9.17) is 4.74 Å². The van der Waals surface area contributed by atoms with Gasteiger partial charge in [0.15, 0.2) is 0 Å². The Kier molecular flexibility index (Phi) is 3.60. The number of halogens is 1. The first-order chi connectivity index (χ1) is 9.11. The molecule has 1 aromatic rings. The predicted octanol–water partition coefficient (Wildman–Crippen LogP) is 3.26. The average Bonchev–Trinajstić information content (AvgIpc) is 3.19. The van der Waals surface area contributed by atoms with Crippen molar-refractivity contribution in [3.8, 4) is 5.75 Å². The van der Waals surface area contributed by atoms with Gasteiger partial charge in [0, 0.05) is 10.4 Å². The third-order valence-electron chi connectivity index (χ3n) is 4.11. The number of aryl methyl sites for hydroxylation is 1. The number of rotatable bonds is 2. The van der Waals surface area contributed by atoms with Crippen molar-refractivity contribution in [2.45, 2.75) is 39.3 Å². The van der Waals surface area contributed by atoms with E-state index in [9.17, 15) is 4.79 Å². The Hall–Kier alpha value is -0.550. The van der Waals surface area contributed by atoms with Gasteiger partial charge in [-0.3, -0.25) is 4.79 Å². The molecule has 5 heteroatoms. The number of amides is 1. The molecule has 1 fully saturated rings. The fourth-order valence-electron chi connectivity index (χ4n) is 2.72. The highest BCUT2D eigenvalue weighted by Gasteiger charge is 2.40. The van der Waals surface area contributed by atoms with Crippen LogP contribution in [0.1, 0.15) is 28.2 Å². The van der Waals surface area contributed by atoms with Crippen molar-refractivity contribution in [3.05, 3.63) is 15.3 Å². The smallest absolute Gasteiger partial charge is 0.233 e. The zero-order valence-corrected chi connectivity index (χ0v) is 13.6.